The number of ether oxygens (including phenoxy) is 1. The summed E-state index contributed by atoms with van der Waals surface area (Å²) in [5.74, 6) is 0.242. The summed E-state index contributed by atoms with van der Waals surface area (Å²) in [6.45, 7) is 2.80. The van der Waals surface area contributed by atoms with Crippen molar-refractivity contribution in [2.45, 2.75) is 29.6 Å². The molecule has 0 aliphatic carbocycles. The molecule has 2 aromatic rings. The summed E-state index contributed by atoms with van der Waals surface area (Å²) >= 11 is 0. The van der Waals surface area contributed by atoms with Gasteiger partial charge in [-0.1, -0.05) is 17.7 Å². The van der Waals surface area contributed by atoms with Crippen molar-refractivity contribution >= 4 is 25.7 Å². The molecule has 1 heterocycles. The minimum absolute atomic E-state index is 0.0341. The molecule has 0 aromatic heterocycles. The van der Waals surface area contributed by atoms with Crippen LogP contribution in [0.3, 0.4) is 0 Å². The van der Waals surface area contributed by atoms with Crippen LogP contribution >= 0.6 is 0 Å². The molecule has 9 heteroatoms. The Hall–Kier alpha value is -2.10. The highest BCUT2D eigenvalue weighted by Gasteiger charge is 2.28. The molecule has 0 bridgehead atoms. The lowest BCUT2D eigenvalue weighted by atomic mass is 10.2. The number of nitrogens with one attached hydrogen (secondary N) is 1. The van der Waals surface area contributed by atoms with Gasteiger partial charge >= 0.3 is 0 Å². The first-order valence-corrected chi connectivity index (χ1v) is 11.4. The van der Waals surface area contributed by atoms with Gasteiger partial charge in [-0.25, -0.2) is 16.8 Å². The van der Waals surface area contributed by atoms with Crippen molar-refractivity contribution in [2.75, 3.05) is 24.9 Å². The monoisotopic (exact) mass is 410 g/mol. The number of rotatable bonds is 6. The van der Waals surface area contributed by atoms with E-state index in [9.17, 15) is 16.8 Å². The van der Waals surface area contributed by atoms with E-state index in [-0.39, 0.29) is 21.2 Å². The maximum absolute atomic E-state index is 12.8. The molecule has 1 saturated heterocycles. The van der Waals surface area contributed by atoms with E-state index in [4.69, 9.17) is 4.74 Å². The van der Waals surface area contributed by atoms with Crippen LogP contribution in [0.4, 0.5) is 5.69 Å². The van der Waals surface area contributed by atoms with Gasteiger partial charge in [-0.3, -0.25) is 4.72 Å². The van der Waals surface area contributed by atoms with Crippen molar-refractivity contribution in [3.05, 3.63) is 48.0 Å². The number of benzene rings is 2. The fraction of sp³-hybridized carbons (Fsp3) is 0.333. The molecule has 0 atom stereocenters. The third-order valence-electron chi connectivity index (χ3n) is 4.45. The second-order valence-electron chi connectivity index (χ2n) is 6.39. The standard InChI is InChI=1S/C18H22N2O5S2/c1-14-5-7-15(8-6-14)26(21,22)19-17-13-16(9-10-18(17)25-2)27(23,24)20-11-3-4-12-20/h5-10,13,19H,3-4,11-12H2,1-2H3. The largest absolute Gasteiger partial charge is 0.495 e. The van der Waals surface area contributed by atoms with Crippen LogP contribution in [0.25, 0.3) is 0 Å². The number of hydrogen-bond donors (Lipinski definition) is 1. The molecule has 0 saturated carbocycles. The Bertz CT molecular complexity index is 1030. The Morgan fingerprint density at radius 2 is 1.52 bits per heavy atom. The van der Waals surface area contributed by atoms with Gasteiger partial charge in [0.2, 0.25) is 10.0 Å². The molecule has 0 radical (unpaired) electrons. The molecule has 7 nitrogen and oxygen atoms in total. The average molecular weight is 411 g/mol. The normalized spacial score (nSPS) is 15.6. The van der Waals surface area contributed by atoms with E-state index in [2.05, 4.69) is 4.72 Å². The molecule has 0 spiro atoms. The molecule has 1 aliphatic rings. The number of hydrogen-bond acceptors (Lipinski definition) is 5. The van der Waals surface area contributed by atoms with Gasteiger partial charge in [0.15, 0.2) is 0 Å². The summed E-state index contributed by atoms with van der Waals surface area (Å²) < 4.78 is 59.9. The van der Waals surface area contributed by atoms with E-state index in [1.54, 1.807) is 12.1 Å². The lowest BCUT2D eigenvalue weighted by Crippen LogP contribution is -2.28. The number of sulfonamides is 2. The second kappa shape index (κ2) is 7.49. The highest BCUT2D eigenvalue weighted by molar-refractivity contribution is 7.92. The van der Waals surface area contributed by atoms with Gasteiger partial charge in [0.05, 0.1) is 22.6 Å². The zero-order valence-electron chi connectivity index (χ0n) is 15.2. The van der Waals surface area contributed by atoms with Crippen LogP contribution < -0.4 is 9.46 Å². The Balaban J connectivity index is 1.98. The highest BCUT2D eigenvalue weighted by atomic mass is 32.2. The third kappa shape index (κ3) is 4.10. The van der Waals surface area contributed by atoms with Crippen LogP contribution in [0.5, 0.6) is 5.75 Å². The summed E-state index contributed by atoms with van der Waals surface area (Å²) in [4.78, 5) is 0.120. The molecular formula is C18H22N2O5S2. The maximum atomic E-state index is 12.8. The Morgan fingerprint density at radius 1 is 0.926 bits per heavy atom. The molecule has 146 valence electrons. The molecule has 27 heavy (non-hydrogen) atoms. The topological polar surface area (TPSA) is 92.8 Å². The first kappa shape index (κ1) is 19.7. The molecule has 1 fully saturated rings. The van der Waals surface area contributed by atoms with E-state index in [0.29, 0.717) is 13.1 Å². The summed E-state index contributed by atoms with van der Waals surface area (Å²) in [5, 5.41) is 0. The average Bonchev–Trinajstić information content (AvgIpc) is 3.17. The van der Waals surface area contributed by atoms with Crippen molar-refractivity contribution in [3.8, 4) is 5.75 Å². The highest BCUT2D eigenvalue weighted by Crippen LogP contribution is 2.31. The van der Waals surface area contributed by atoms with E-state index < -0.39 is 20.0 Å². The number of aryl methyl sites for hydroxylation is 1. The Labute approximate surface area is 160 Å². The summed E-state index contributed by atoms with van der Waals surface area (Å²) in [5.41, 5.74) is 1.02. The fourth-order valence-electron chi connectivity index (χ4n) is 2.93. The van der Waals surface area contributed by atoms with Gasteiger partial charge in [-0.2, -0.15) is 4.31 Å². The van der Waals surface area contributed by atoms with E-state index >= 15 is 0 Å². The van der Waals surface area contributed by atoms with Crippen molar-refractivity contribution in [1.82, 2.24) is 4.31 Å². The van der Waals surface area contributed by atoms with Gasteiger partial charge in [0, 0.05) is 13.1 Å². The van der Waals surface area contributed by atoms with Crippen molar-refractivity contribution in [1.29, 1.82) is 0 Å². The zero-order chi connectivity index (χ0) is 19.7. The first-order chi connectivity index (χ1) is 12.7. The quantitative estimate of drug-likeness (QED) is 0.790. The fourth-order valence-corrected chi connectivity index (χ4v) is 5.53. The second-order valence-corrected chi connectivity index (χ2v) is 10.0. The van der Waals surface area contributed by atoms with Gasteiger partial charge in [0.1, 0.15) is 5.75 Å². The molecule has 0 amide bonds. The number of nitrogens with zero attached hydrogens (tertiary/aromatic N) is 1. The smallest absolute Gasteiger partial charge is 0.262 e. The summed E-state index contributed by atoms with van der Waals surface area (Å²) in [6.07, 6.45) is 1.64. The van der Waals surface area contributed by atoms with Crippen molar-refractivity contribution < 1.29 is 21.6 Å². The van der Waals surface area contributed by atoms with Crippen molar-refractivity contribution in [3.63, 3.8) is 0 Å². The Morgan fingerprint density at radius 3 is 2.11 bits per heavy atom. The Kier molecular flexibility index (Phi) is 5.45. The lowest BCUT2D eigenvalue weighted by molar-refractivity contribution is 0.416. The summed E-state index contributed by atoms with van der Waals surface area (Å²) in [6, 6.07) is 10.6. The third-order valence-corrected chi connectivity index (χ3v) is 7.73. The molecule has 3 rings (SSSR count). The molecule has 2 aromatic carbocycles. The van der Waals surface area contributed by atoms with E-state index in [0.717, 1.165) is 18.4 Å². The maximum Gasteiger partial charge on any atom is 0.262 e. The lowest BCUT2D eigenvalue weighted by Gasteiger charge is -2.18. The van der Waals surface area contributed by atoms with Crippen LogP contribution in [0.15, 0.2) is 52.3 Å². The van der Waals surface area contributed by atoms with Crippen LogP contribution in [-0.4, -0.2) is 41.3 Å². The van der Waals surface area contributed by atoms with Crippen LogP contribution in [0, 0.1) is 6.92 Å². The van der Waals surface area contributed by atoms with Gasteiger partial charge in [-0.05, 0) is 50.1 Å². The summed E-state index contributed by atoms with van der Waals surface area (Å²) in [7, 11) is -6.15. The molecule has 1 aliphatic heterocycles. The molecule has 1 N–H and O–H groups in total. The van der Waals surface area contributed by atoms with Gasteiger partial charge < -0.3 is 4.74 Å². The van der Waals surface area contributed by atoms with E-state index in [1.165, 1.54) is 41.7 Å². The number of methoxy groups -OCH3 is 1. The predicted molar refractivity (Wildman–Crippen MR) is 103 cm³/mol. The van der Waals surface area contributed by atoms with Crippen LogP contribution in [0.1, 0.15) is 18.4 Å². The van der Waals surface area contributed by atoms with Crippen LogP contribution in [0.2, 0.25) is 0 Å². The number of anilines is 1. The van der Waals surface area contributed by atoms with E-state index in [1.807, 2.05) is 6.92 Å². The van der Waals surface area contributed by atoms with Crippen molar-refractivity contribution in [2.24, 2.45) is 0 Å². The minimum Gasteiger partial charge on any atom is -0.495 e. The SMILES string of the molecule is COc1ccc(S(=O)(=O)N2CCCC2)cc1NS(=O)(=O)c1ccc(C)cc1. The predicted octanol–water partition coefficient (Wildman–Crippen LogP) is 2.59. The zero-order valence-corrected chi connectivity index (χ0v) is 16.8. The van der Waals surface area contributed by atoms with Gasteiger partial charge in [0.25, 0.3) is 10.0 Å². The van der Waals surface area contributed by atoms with Crippen LogP contribution in [-0.2, 0) is 20.0 Å². The molecular weight excluding hydrogens is 388 g/mol. The molecule has 0 unspecified atom stereocenters. The minimum atomic E-state index is -3.88. The van der Waals surface area contributed by atoms with Gasteiger partial charge in [-0.15, -0.1) is 0 Å². The first-order valence-electron chi connectivity index (χ1n) is 8.52.